The maximum absolute atomic E-state index is 12.8. The van der Waals surface area contributed by atoms with Crippen molar-refractivity contribution in [3.8, 4) is 0 Å². The maximum atomic E-state index is 12.8. The van der Waals surface area contributed by atoms with Crippen LogP contribution in [-0.4, -0.2) is 9.38 Å². The van der Waals surface area contributed by atoms with Gasteiger partial charge in [0.15, 0.2) is 0 Å². The van der Waals surface area contributed by atoms with E-state index in [1.54, 1.807) is 22.6 Å². The standard InChI is InChI=1S/C16H13FN2OS/c1-11-3-2-4-15-18-13(9-16(20)19(11)15)10-21-14-7-5-12(17)6-8-14/h2-9H,10H2,1H3. The van der Waals surface area contributed by atoms with E-state index in [1.165, 1.54) is 23.9 Å². The Balaban J connectivity index is 1.88. The highest BCUT2D eigenvalue weighted by molar-refractivity contribution is 7.98. The Morgan fingerprint density at radius 2 is 1.95 bits per heavy atom. The van der Waals surface area contributed by atoms with Gasteiger partial charge in [-0.1, -0.05) is 6.07 Å². The van der Waals surface area contributed by atoms with Crippen LogP contribution >= 0.6 is 11.8 Å². The predicted molar refractivity (Wildman–Crippen MR) is 82.2 cm³/mol. The van der Waals surface area contributed by atoms with Gasteiger partial charge in [-0.3, -0.25) is 9.20 Å². The molecule has 3 aromatic rings. The molecule has 5 heteroatoms. The summed E-state index contributed by atoms with van der Waals surface area (Å²) in [5.41, 5.74) is 2.16. The van der Waals surface area contributed by atoms with Crippen LogP contribution < -0.4 is 5.56 Å². The van der Waals surface area contributed by atoms with Crippen molar-refractivity contribution in [1.29, 1.82) is 0 Å². The summed E-state index contributed by atoms with van der Waals surface area (Å²) in [5, 5.41) is 0. The number of pyridine rings is 1. The lowest BCUT2D eigenvalue weighted by Crippen LogP contribution is -2.17. The lowest BCUT2D eigenvalue weighted by Gasteiger charge is -2.06. The number of benzene rings is 1. The quantitative estimate of drug-likeness (QED) is 0.695. The number of hydrogen-bond donors (Lipinski definition) is 0. The third-order valence-corrected chi connectivity index (χ3v) is 4.18. The minimum atomic E-state index is -0.253. The Bertz CT molecular complexity index is 843. The van der Waals surface area contributed by atoms with Gasteiger partial charge in [0.2, 0.25) is 0 Å². The van der Waals surface area contributed by atoms with Crippen LogP contribution in [0.4, 0.5) is 4.39 Å². The summed E-state index contributed by atoms with van der Waals surface area (Å²) in [6.45, 7) is 1.88. The predicted octanol–water partition coefficient (Wildman–Crippen LogP) is 3.43. The number of fused-ring (bicyclic) bond motifs is 1. The van der Waals surface area contributed by atoms with Crippen molar-refractivity contribution in [2.45, 2.75) is 17.6 Å². The van der Waals surface area contributed by atoms with Gasteiger partial charge in [-0.25, -0.2) is 9.37 Å². The van der Waals surface area contributed by atoms with Gasteiger partial charge >= 0.3 is 0 Å². The summed E-state index contributed by atoms with van der Waals surface area (Å²) >= 11 is 1.53. The number of nitrogens with zero attached hydrogens (tertiary/aromatic N) is 2. The van der Waals surface area contributed by atoms with Gasteiger partial charge in [-0.15, -0.1) is 11.8 Å². The second-order valence-electron chi connectivity index (χ2n) is 4.69. The SMILES string of the molecule is Cc1cccc2nc(CSc3ccc(F)cc3)cc(=O)n12. The first kappa shape index (κ1) is 13.8. The van der Waals surface area contributed by atoms with Crippen molar-refractivity contribution in [1.82, 2.24) is 9.38 Å². The molecule has 106 valence electrons. The Morgan fingerprint density at radius 1 is 1.19 bits per heavy atom. The van der Waals surface area contributed by atoms with Gasteiger partial charge in [0.05, 0.1) is 5.69 Å². The summed E-state index contributed by atoms with van der Waals surface area (Å²) in [6, 6.07) is 13.4. The molecule has 1 aromatic carbocycles. The Hall–Kier alpha value is -2.14. The van der Waals surface area contributed by atoms with Crippen molar-refractivity contribution < 1.29 is 4.39 Å². The second-order valence-corrected chi connectivity index (χ2v) is 5.74. The van der Waals surface area contributed by atoms with Crippen LogP contribution in [0.3, 0.4) is 0 Å². The van der Waals surface area contributed by atoms with E-state index in [9.17, 15) is 9.18 Å². The second kappa shape index (κ2) is 5.69. The highest BCUT2D eigenvalue weighted by Crippen LogP contribution is 2.21. The molecule has 2 heterocycles. The van der Waals surface area contributed by atoms with Crippen LogP contribution in [0.2, 0.25) is 0 Å². The van der Waals surface area contributed by atoms with Crippen LogP contribution in [0, 0.1) is 12.7 Å². The minimum absolute atomic E-state index is 0.0761. The first-order chi connectivity index (χ1) is 10.1. The molecule has 0 spiro atoms. The number of rotatable bonds is 3. The van der Waals surface area contributed by atoms with Gasteiger partial charge in [-0.2, -0.15) is 0 Å². The molecule has 0 N–H and O–H groups in total. The lowest BCUT2D eigenvalue weighted by atomic mass is 10.3. The van der Waals surface area contributed by atoms with Crippen LogP contribution in [0.15, 0.2) is 58.2 Å². The highest BCUT2D eigenvalue weighted by Gasteiger charge is 2.05. The zero-order valence-electron chi connectivity index (χ0n) is 11.4. The number of hydrogen-bond acceptors (Lipinski definition) is 3. The third kappa shape index (κ3) is 2.97. The van der Waals surface area contributed by atoms with E-state index in [0.717, 1.165) is 16.3 Å². The highest BCUT2D eigenvalue weighted by atomic mass is 32.2. The van der Waals surface area contributed by atoms with Crippen molar-refractivity contribution in [3.63, 3.8) is 0 Å². The normalized spacial score (nSPS) is 11.0. The molecule has 3 rings (SSSR count). The van der Waals surface area contributed by atoms with E-state index in [1.807, 2.05) is 25.1 Å². The molecule has 3 nitrogen and oxygen atoms in total. The molecule has 0 atom stereocenters. The number of halogens is 1. The number of aryl methyl sites for hydroxylation is 1. The van der Waals surface area contributed by atoms with E-state index in [-0.39, 0.29) is 11.4 Å². The van der Waals surface area contributed by atoms with Gasteiger partial charge in [0.1, 0.15) is 11.5 Å². The average Bonchev–Trinajstić information content (AvgIpc) is 2.46. The molecule has 0 saturated carbocycles. The average molecular weight is 300 g/mol. The molecule has 0 unspecified atom stereocenters. The van der Waals surface area contributed by atoms with Gasteiger partial charge in [-0.05, 0) is 43.3 Å². The van der Waals surface area contributed by atoms with E-state index in [4.69, 9.17) is 0 Å². The smallest absolute Gasteiger partial charge is 0.258 e. The van der Waals surface area contributed by atoms with E-state index < -0.39 is 0 Å². The third-order valence-electron chi connectivity index (χ3n) is 3.13. The molecule has 21 heavy (non-hydrogen) atoms. The molecule has 0 radical (unpaired) electrons. The number of thioether (sulfide) groups is 1. The van der Waals surface area contributed by atoms with E-state index in [0.29, 0.717) is 11.4 Å². The molecule has 0 aliphatic carbocycles. The molecule has 0 aliphatic rings. The summed E-state index contributed by atoms with van der Waals surface area (Å²) in [6.07, 6.45) is 0. The summed E-state index contributed by atoms with van der Waals surface area (Å²) in [5.74, 6) is 0.322. The first-order valence-corrected chi connectivity index (χ1v) is 7.49. The largest absolute Gasteiger partial charge is 0.269 e. The van der Waals surface area contributed by atoms with E-state index >= 15 is 0 Å². The van der Waals surface area contributed by atoms with Crippen molar-refractivity contribution in [2.75, 3.05) is 0 Å². The lowest BCUT2D eigenvalue weighted by molar-refractivity contribution is 0.626. The summed E-state index contributed by atoms with van der Waals surface area (Å²) in [7, 11) is 0. The molecular formula is C16H13FN2OS. The fourth-order valence-corrected chi connectivity index (χ4v) is 2.92. The maximum Gasteiger partial charge on any atom is 0.258 e. The molecule has 0 saturated heterocycles. The topological polar surface area (TPSA) is 34.4 Å². The minimum Gasteiger partial charge on any atom is -0.269 e. The van der Waals surface area contributed by atoms with Gasteiger partial charge < -0.3 is 0 Å². The first-order valence-electron chi connectivity index (χ1n) is 6.50. The monoisotopic (exact) mass is 300 g/mol. The number of aromatic nitrogens is 2. The molecule has 2 aromatic heterocycles. The Morgan fingerprint density at radius 3 is 2.71 bits per heavy atom. The van der Waals surface area contributed by atoms with Crippen LogP contribution in [-0.2, 0) is 5.75 Å². The molecule has 0 amide bonds. The van der Waals surface area contributed by atoms with Crippen molar-refractivity contribution >= 4 is 17.4 Å². The van der Waals surface area contributed by atoms with Crippen LogP contribution in [0.5, 0.6) is 0 Å². The van der Waals surface area contributed by atoms with E-state index in [2.05, 4.69) is 4.98 Å². The van der Waals surface area contributed by atoms with Crippen LogP contribution in [0.1, 0.15) is 11.4 Å². The molecule has 0 aliphatic heterocycles. The van der Waals surface area contributed by atoms with Gasteiger partial charge in [0, 0.05) is 22.4 Å². The zero-order chi connectivity index (χ0) is 14.8. The van der Waals surface area contributed by atoms with Crippen molar-refractivity contribution in [3.05, 3.63) is 76.1 Å². The fraction of sp³-hybridized carbons (Fsp3) is 0.125. The summed E-state index contributed by atoms with van der Waals surface area (Å²) in [4.78, 5) is 17.6. The molecular weight excluding hydrogens is 287 g/mol. The van der Waals surface area contributed by atoms with Crippen LogP contribution in [0.25, 0.3) is 5.65 Å². The molecule has 0 fully saturated rings. The molecule has 0 bridgehead atoms. The van der Waals surface area contributed by atoms with Crippen molar-refractivity contribution in [2.24, 2.45) is 0 Å². The fourth-order valence-electron chi connectivity index (χ4n) is 2.13. The summed E-state index contributed by atoms with van der Waals surface area (Å²) < 4.78 is 14.4. The zero-order valence-corrected chi connectivity index (χ0v) is 12.2. The van der Waals surface area contributed by atoms with Gasteiger partial charge in [0.25, 0.3) is 5.56 Å². The Labute approximate surface area is 125 Å². The Kier molecular flexibility index (Phi) is 3.75.